The van der Waals surface area contributed by atoms with Gasteiger partial charge in [0.15, 0.2) is 0 Å². The summed E-state index contributed by atoms with van der Waals surface area (Å²) in [5, 5.41) is 19.0. The second kappa shape index (κ2) is 9.41. The van der Waals surface area contributed by atoms with Crippen LogP contribution in [-0.4, -0.2) is 46.1 Å². The summed E-state index contributed by atoms with van der Waals surface area (Å²) in [5.41, 5.74) is 7.50. The Hall–Kier alpha value is -2.39. The summed E-state index contributed by atoms with van der Waals surface area (Å²) >= 11 is 0. The Balaban J connectivity index is 0.000000370. The van der Waals surface area contributed by atoms with E-state index in [1.165, 1.54) is 5.56 Å². The lowest BCUT2D eigenvalue weighted by molar-refractivity contribution is -0.192. The molecule has 1 fully saturated rings. The Morgan fingerprint density at radius 2 is 1.90 bits per heavy atom. The van der Waals surface area contributed by atoms with Crippen LogP contribution in [0.25, 0.3) is 10.9 Å². The van der Waals surface area contributed by atoms with Crippen molar-refractivity contribution in [2.45, 2.75) is 56.3 Å². The monoisotopic (exact) mass is 414 g/mol. The lowest BCUT2D eigenvalue weighted by Gasteiger charge is -2.35. The number of aliphatic hydroxyl groups is 1. The van der Waals surface area contributed by atoms with Gasteiger partial charge in [-0.1, -0.05) is 18.2 Å². The quantitative estimate of drug-likeness (QED) is 0.708. The second-order valence-electron chi connectivity index (χ2n) is 7.21. The number of methoxy groups -OCH3 is 1. The Morgan fingerprint density at radius 1 is 1.28 bits per heavy atom. The highest BCUT2D eigenvalue weighted by molar-refractivity contribution is 5.82. The number of alkyl halides is 3. The first-order valence-electron chi connectivity index (χ1n) is 9.25. The summed E-state index contributed by atoms with van der Waals surface area (Å²) in [5.74, 6) is -2.13. The minimum atomic E-state index is -5.08. The van der Waals surface area contributed by atoms with Crippen LogP contribution >= 0.6 is 0 Å². The Labute approximate surface area is 166 Å². The zero-order chi connectivity index (χ0) is 21.7. The fourth-order valence-corrected chi connectivity index (χ4v) is 3.30. The van der Waals surface area contributed by atoms with Gasteiger partial charge in [0.1, 0.15) is 0 Å². The van der Waals surface area contributed by atoms with Gasteiger partial charge in [0.2, 0.25) is 5.88 Å². The number of carboxylic acids is 1. The van der Waals surface area contributed by atoms with E-state index in [0.717, 1.165) is 49.4 Å². The third-order valence-electron chi connectivity index (χ3n) is 5.05. The minimum Gasteiger partial charge on any atom is -0.481 e. The van der Waals surface area contributed by atoms with Crippen molar-refractivity contribution < 1.29 is 32.9 Å². The molecule has 9 heteroatoms. The maximum absolute atomic E-state index is 10.7. The maximum atomic E-state index is 10.7. The molecule has 0 bridgehead atoms. The number of para-hydroxylation sites is 1. The van der Waals surface area contributed by atoms with Crippen LogP contribution in [0, 0.1) is 0 Å². The number of hydrogen-bond donors (Lipinski definition) is 3. The molecule has 0 aliphatic heterocycles. The van der Waals surface area contributed by atoms with Gasteiger partial charge < -0.3 is 20.7 Å². The van der Waals surface area contributed by atoms with E-state index in [4.69, 9.17) is 20.4 Å². The molecule has 1 aromatic carbocycles. The molecule has 1 saturated carbocycles. The first-order chi connectivity index (χ1) is 13.5. The molecule has 0 atom stereocenters. The topological polar surface area (TPSA) is 106 Å². The number of fused-ring (bicyclic) bond motifs is 1. The summed E-state index contributed by atoms with van der Waals surface area (Å²) in [4.78, 5) is 13.5. The van der Waals surface area contributed by atoms with E-state index in [-0.39, 0.29) is 6.04 Å². The summed E-state index contributed by atoms with van der Waals surface area (Å²) in [7, 11) is 1.63. The molecule has 0 saturated heterocycles. The molecule has 6 nitrogen and oxygen atoms in total. The first-order valence-corrected chi connectivity index (χ1v) is 9.25. The highest BCUT2D eigenvalue weighted by atomic mass is 19.4. The zero-order valence-corrected chi connectivity index (χ0v) is 16.1. The molecule has 0 amide bonds. The van der Waals surface area contributed by atoms with Gasteiger partial charge in [-0.25, -0.2) is 9.78 Å². The number of halogens is 3. The van der Waals surface area contributed by atoms with E-state index < -0.39 is 17.7 Å². The summed E-state index contributed by atoms with van der Waals surface area (Å²) in [6.45, 7) is 0. The van der Waals surface area contributed by atoms with Crippen LogP contribution < -0.4 is 10.5 Å². The van der Waals surface area contributed by atoms with Crippen molar-refractivity contribution in [1.29, 1.82) is 0 Å². The van der Waals surface area contributed by atoms with Crippen LogP contribution in [0.2, 0.25) is 0 Å². The standard InChI is InChI=1S/C18H24N2O2.C2HF3O2/c1-22-16-6-5-13-3-2-4-14(17(13)20-16)7-10-18(21)11-8-15(19)9-12-18;3-2(4,5)1(6)7/h2-6,15,21H,7-12,19H2,1H3;(H,6,7). The normalized spacial score (nSPS) is 21.9. The summed E-state index contributed by atoms with van der Waals surface area (Å²) < 4.78 is 37.0. The van der Waals surface area contributed by atoms with Crippen molar-refractivity contribution in [2.24, 2.45) is 5.73 Å². The first kappa shape index (κ1) is 22.9. The highest BCUT2D eigenvalue weighted by Crippen LogP contribution is 2.32. The molecule has 0 unspecified atom stereocenters. The molecule has 29 heavy (non-hydrogen) atoms. The second-order valence-corrected chi connectivity index (χ2v) is 7.21. The summed E-state index contributed by atoms with van der Waals surface area (Å²) in [6, 6.07) is 10.4. The number of ether oxygens (including phenoxy) is 1. The van der Waals surface area contributed by atoms with E-state index >= 15 is 0 Å². The van der Waals surface area contributed by atoms with Crippen LogP contribution in [0.5, 0.6) is 5.88 Å². The van der Waals surface area contributed by atoms with Gasteiger partial charge in [-0.15, -0.1) is 0 Å². The van der Waals surface area contributed by atoms with Crippen molar-refractivity contribution in [2.75, 3.05) is 7.11 Å². The van der Waals surface area contributed by atoms with Gasteiger partial charge in [0, 0.05) is 17.5 Å². The predicted molar refractivity (Wildman–Crippen MR) is 102 cm³/mol. The van der Waals surface area contributed by atoms with Gasteiger partial charge in [0.05, 0.1) is 18.2 Å². The number of pyridine rings is 1. The largest absolute Gasteiger partial charge is 0.490 e. The van der Waals surface area contributed by atoms with Gasteiger partial charge in [-0.05, 0) is 50.2 Å². The van der Waals surface area contributed by atoms with E-state index in [0.29, 0.717) is 5.88 Å². The molecule has 2 aromatic rings. The molecule has 4 N–H and O–H groups in total. The lowest BCUT2D eigenvalue weighted by atomic mass is 9.79. The molecule has 1 aliphatic carbocycles. The lowest BCUT2D eigenvalue weighted by Crippen LogP contribution is -2.39. The van der Waals surface area contributed by atoms with E-state index in [9.17, 15) is 18.3 Å². The molecule has 3 rings (SSSR count). The van der Waals surface area contributed by atoms with Gasteiger partial charge in [-0.3, -0.25) is 0 Å². The number of aliphatic carboxylic acids is 1. The van der Waals surface area contributed by atoms with Crippen molar-refractivity contribution in [3.05, 3.63) is 35.9 Å². The predicted octanol–water partition coefficient (Wildman–Crippen LogP) is 3.44. The van der Waals surface area contributed by atoms with Gasteiger partial charge in [0.25, 0.3) is 0 Å². The molecular weight excluding hydrogens is 389 g/mol. The molecular formula is C20H25F3N2O4. The third kappa shape index (κ3) is 6.57. The number of nitrogens with zero attached hydrogens (tertiary/aromatic N) is 1. The van der Waals surface area contributed by atoms with Crippen LogP contribution in [0.4, 0.5) is 13.2 Å². The van der Waals surface area contributed by atoms with E-state index in [1.807, 2.05) is 18.2 Å². The number of carboxylic acid groups (broad SMARTS) is 1. The fourth-order valence-electron chi connectivity index (χ4n) is 3.30. The Kier molecular flexibility index (Phi) is 7.43. The SMILES string of the molecule is COc1ccc2cccc(CCC3(O)CCC(N)CC3)c2n1.O=C(O)C(F)(F)F. The number of benzene rings is 1. The smallest absolute Gasteiger partial charge is 0.481 e. The Bertz CT molecular complexity index is 834. The molecule has 1 aliphatic rings. The summed E-state index contributed by atoms with van der Waals surface area (Å²) in [6.07, 6.45) is -0.0669. The zero-order valence-electron chi connectivity index (χ0n) is 16.1. The number of aromatic nitrogens is 1. The molecule has 1 aromatic heterocycles. The van der Waals surface area contributed by atoms with Crippen molar-refractivity contribution in [1.82, 2.24) is 4.98 Å². The Morgan fingerprint density at radius 3 is 2.45 bits per heavy atom. The average Bonchev–Trinajstić information content (AvgIpc) is 2.68. The number of hydrogen-bond acceptors (Lipinski definition) is 5. The molecule has 0 radical (unpaired) electrons. The van der Waals surface area contributed by atoms with Crippen LogP contribution in [0.1, 0.15) is 37.7 Å². The van der Waals surface area contributed by atoms with Crippen molar-refractivity contribution >= 4 is 16.9 Å². The van der Waals surface area contributed by atoms with Gasteiger partial charge >= 0.3 is 12.1 Å². The van der Waals surface area contributed by atoms with E-state index in [2.05, 4.69) is 17.1 Å². The number of rotatable bonds is 4. The number of aryl methyl sites for hydroxylation is 1. The molecule has 1 heterocycles. The van der Waals surface area contributed by atoms with Crippen molar-refractivity contribution in [3.63, 3.8) is 0 Å². The molecule has 160 valence electrons. The maximum Gasteiger partial charge on any atom is 0.490 e. The number of carbonyl (C=O) groups is 1. The van der Waals surface area contributed by atoms with Crippen LogP contribution in [0.15, 0.2) is 30.3 Å². The minimum absolute atomic E-state index is 0.253. The van der Waals surface area contributed by atoms with Crippen molar-refractivity contribution in [3.8, 4) is 5.88 Å². The average molecular weight is 414 g/mol. The van der Waals surface area contributed by atoms with Crippen LogP contribution in [0.3, 0.4) is 0 Å². The van der Waals surface area contributed by atoms with Gasteiger partial charge in [-0.2, -0.15) is 13.2 Å². The number of nitrogens with two attached hydrogens (primary N) is 1. The molecule has 0 spiro atoms. The fraction of sp³-hybridized carbons (Fsp3) is 0.500. The third-order valence-corrected chi connectivity index (χ3v) is 5.05. The highest BCUT2D eigenvalue weighted by Gasteiger charge is 2.38. The van der Waals surface area contributed by atoms with E-state index in [1.54, 1.807) is 7.11 Å². The van der Waals surface area contributed by atoms with Crippen LogP contribution in [-0.2, 0) is 11.2 Å².